The minimum Gasteiger partial charge on any atom is -0.374 e. The molecule has 5 heterocycles. The highest BCUT2D eigenvalue weighted by Crippen LogP contribution is 2.41. The second kappa shape index (κ2) is 7.97. The molecule has 0 saturated carbocycles. The molecule has 34 heavy (non-hydrogen) atoms. The first-order valence-electron chi connectivity index (χ1n) is 11.6. The smallest absolute Gasteiger partial charge is 0.266 e. The molecule has 10 heteroatoms. The highest BCUT2D eigenvalue weighted by molar-refractivity contribution is 5.77. The Bertz CT molecular complexity index is 1310. The minimum atomic E-state index is -2.89. The number of ether oxygens (including phenoxy) is 1. The summed E-state index contributed by atoms with van der Waals surface area (Å²) in [4.78, 5) is 16.3. The Morgan fingerprint density at radius 2 is 2.06 bits per heavy atom. The summed E-state index contributed by atoms with van der Waals surface area (Å²) < 4.78 is 49.2. The van der Waals surface area contributed by atoms with E-state index in [2.05, 4.69) is 25.8 Å². The Balaban J connectivity index is 1.51. The number of halogens is 3. The van der Waals surface area contributed by atoms with E-state index in [0.717, 1.165) is 55.0 Å². The number of nitrogens with zero attached hydrogens (tertiary/aromatic N) is 5. The maximum atomic E-state index is 14.8. The molecule has 178 valence electrons. The topological polar surface area (TPSA) is 67.6 Å². The van der Waals surface area contributed by atoms with Crippen LogP contribution in [0.5, 0.6) is 0 Å². The molecule has 2 bridgehead atoms. The van der Waals surface area contributed by atoms with Crippen LogP contribution in [0.2, 0.25) is 0 Å². The van der Waals surface area contributed by atoms with Gasteiger partial charge in [-0.25, -0.2) is 23.1 Å². The summed E-state index contributed by atoms with van der Waals surface area (Å²) in [5, 5.41) is 3.50. The second-order valence-electron chi connectivity index (χ2n) is 9.14. The maximum absolute atomic E-state index is 14.8. The first-order chi connectivity index (χ1) is 16.4. The van der Waals surface area contributed by atoms with Gasteiger partial charge < -0.3 is 19.5 Å². The van der Waals surface area contributed by atoms with Crippen molar-refractivity contribution in [2.75, 3.05) is 29.9 Å². The molecule has 0 aliphatic carbocycles. The molecular formula is C24H25F3N6O. The van der Waals surface area contributed by atoms with Crippen LogP contribution in [0.15, 0.2) is 29.3 Å². The molecule has 0 aromatic heterocycles. The fourth-order valence-electron chi connectivity index (χ4n) is 5.35. The molecule has 7 nitrogen and oxygen atoms in total. The quantitative estimate of drug-likeness (QED) is 0.628. The van der Waals surface area contributed by atoms with Gasteiger partial charge >= 0.3 is 0 Å². The Morgan fingerprint density at radius 1 is 1.24 bits per heavy atom. The van der Waals surface area contributed by atoms with Crippen molar-refractivity contribution in [1.29, 1.82) is 0 Å². The third kappa shape index (κ3) is 3.34. The van der Waals surface area contributed by atoms with Crippen molar-refractivity contribution < 1.29 is 17.9 Å². The Morgan fingerprint density at radius 3 is 2.79 bits per heavy atom. The van der Waals surface area contributed by atoms with Crippen LogP contribution in [0.25, 0.3) is 11.4 Å². The van der Waals surface area contributed by atoms with Crippen molar-refractivity contribution in [3.63, 3.8) is 0 Å². The number of pyridine rings is 1. The first kappa shape index (κ1) is 21.4. The highest BCUT2D eigenvalue weighted by Gasteiger charge is 2.41. The zero-order valence-electron chi connectivity index (χ0n) is 18.9. The van der Waals surface area contributed by atoms with Gasteiger partial charge in [0, 0.05) is 25.2 Å². The predicted octanol–water partition coefficient (Wildman–Crippen LogP) is 3.83. The lowest BCUT2D eigenvalue weighted by Gasteiger charge is -2.31. The van der Waals surface area contributed by atoms with Crippen molar-refractivity contribution in [1.82, 2.24) is 14.5 Å². The van der Waals surface area contributed by atoms with E-state index in [1.165, 1.54) is 12.1 Å². The normalized spacial score (nSPS) is 22.6. The number of anilines is 2. The predicted molar refractivity (Wildman–Crippen MR) is 121 cm³/mol. The van der Waals surface area contributed by atoms with E-state index in [9.17, 15) is 13.2 Å². The molecular weight excluding hydrogens is 445 g/mol. The van der Waals surface area contributed by atoms with E-state index in [4.69, 9.17) is 14.7 Å². The summed E-state index contributed by atoms with van der Waals surface area (Å²) in [7, 11) is 0. The van der Waals surface area contributed by atoms with E-state index in [0.29, 0.717) is 24.0 Å². The molecule has 0 spiro atoms. The monoisotopic (exact) mass is 470 g/mol. The van der Waals surface area contributed by atoms with Crippen molar-refractivity contribution >= 4 is 11.5 Å². The van der Waals surface area contributed by atoms with Crippen LogP contribution < -0.4 is 15.7 Å². The van der Waals surface area contributed by atoms with E-state index < -0.39 is 23.8 Å². The molecule has 6 rings (SSSR count). The number of aromatic nitrogens is 3. The van der Waals surface area contributed by atoms with E-state index in [-0.39, 0.29) is 11.7 Å². The number of morpholine rings is 1. The van der Waals surface area contributed by atoms with Gasteiger partial charge in [-0.15, -0.1) is 0 Å². The molecule has 5 aliphatic rings. The van der Waals surface area contributed by atoms with Gasteiger partial charge in [-0.3, -0.25) is 4.99 Å². The summed E-state index contributed by atoms with van der Waals surface area (Å²) >= 11 is 0. The number of hydrogen-bond acceptors (Lipinski definition) is 6. The van der Waals surface area contributed by atoms with Gasteiger partial charge in [-0.05, 0) is 26.3 Å². The van der Waals surface area contributed by atoms with Crippen molar-refractivity contribution in [3.8, 4) is 11.4 Å². The largest absolute Gasteiger partial charge is 0.374 e. The summed E-state index contributed by atoms with van der Waals surface area (Å²) in [6, 6.07) is 5.71. The fraction of sp³-hybridized carbons (Fsp3) is 0.458. The molecule has 3 atom stereocenters. The minimum absolute atomic E-state index is 0.118. The summed E-state index contributed by atoms with van der Waals surface area (Å²) in [5.41, 5.74) is 1.75. The molecule has 0 radical (unpaired) electrons. The molecule has 5 aliphatic heterocycles. The standard InChI is InChI=1S/C24H25F3N6O/c1-12(16-4-3-5-17(20(16)25)21(26)27)29-22-18-9-19(33-10-15-8-14(33)11-34-15)24-28-6-7-32(24)23(18)31-13(2)30-22/h3-5,9,12,14-15,21,28H,6-8,10-11H2,1-2H3/t12-,14?,15?/m1/s1. The molecule has 2 unspecified atom stereocenters. The van der Waals surface area contributed by atoms with Crippen LogP contribution in [-0.2, 0) is 11.3 Å². The van der Waals surface area contributed by atoms with Gasteiger partial charge in [0.15, 0.2) is 5.49 Å². The Kier molecular flexibility index (Phi) is 5.02. The SMILES string of the molecule is Cc1nc2n3c(c(N4CC5CC4CO5)cc-2c(=N[C@H](C)c2cccc(C(F)F)c2F)n1)NCC3. The zero-order chi connectivity index (χ0) is 23.6. The van der Waals surface area contributed by atoms with Crippen molar-refractivity contribution in [3.05, 3.63) is 52.5 Å². The molecule has 1 aromatic rings. The van der Waals surface area contributed by atoms with Crippen molar-refractivity contribution in [2.45, 2.75) is 51.4 Å². The van der Waals surface area contributed by atoms with Crippen LogP contribution >= 0.6 is 0 Å². The number of benzene rings is 1. The lowest BCUT2D eigenvalue weighted by atomic mass is 10.0. The number of rotatable bonds is 4. The van der Waals surface area contributed by atoms with Crippen molar-refractivity contribution in [2.24, 2.45) is 4.99 Å². The fourth-order valence-corrected chi connectivity index (χ4v) is 5.35. The van der Waals surface area contributed by atoms with Crippen LogP contribution in [0.1, 0.15) is 42.8 Å². The molecule has 1 aromatic carbocycles. The Hall–Kier alpha value is -3.14. The Labute approximate surface area is 194 Å². The highest BCUT2D eigenvalue weighted by atomic mass is 19.3. The number of nitrogens with one attached hydrogen (secondary N) is 1. The third-order valence-corrected chi connectivity index (χ3v) is 6.96. The molecule has 0 amide bonds. The molecule has 2 saturated heterocycles. The summed E-state index contributed by atoms with van der Waals surface area (Å²) in [6.07, 6.45) is -1.63. The van der Waals surface area contributed by atoms with E-state index >= 15 is 0 Å². The zero-order valence-corrected chi connectivity index (χ0v) is 18.9. The van der Waals surface area contributed by atoms with Gasteiger partial charge in [0.1, 0.15) is 23.3 Å². The average molecular weight is 470 g/mol. The van der Waals surface area contributed by atoms with Gasteiger partial charge in [-0.2, -0.15) is 0 Å². The maximum Gasteiger partial charge on any atom is 0.266 e. The lowest BCUT2D eigenvalue weighted by Crippen LogP contribution is -2.38. The van der Waals surface area contributed by atoms with Gasteiger partial charge in [0.2, 0.25) is 0 Å². The number of alkyl halides is 2. The van der Waals surface area contributed by atoms with E-state index in [1.807, 2.05) is 0 Å². The second-order valence-corrected chi connectivity index (χ2v) is 9.14. The van der Waals surface area contributed by atoms with Gasteiger partial charge in [0.05, 0.1) is 41.6 Å². The summed E-state index contributed by atoms with van der Waals surface area (Å²) in [6.45, 7) is 6.57. The number of fused-ring (bicyclic) bond motifs is 5. The van der Waals surface area contributed by atoms with Gasteiger partial charge in [-0.1, -0.05) is 18.2 Å². The molecule has 2 fully saturated rings. The average Bonchev–Trinajstić information content (AvgIpc) is 3.56. The van der Waals surface area contributed by atoms with E-state index in [1.54, 1.807) is 13.8 Å². The third-order valence-electron chi connectivity index (χ3n) is 6.96. The molecule has 1 N–H and O–H groups in total. The lowest BCUT2D eigenvalue weighted by molar-refractivity contribution is 0.0991. The number of aryl methyl sites for hydroxylation is 1. The first-order valence-corrected chi connectivity index (χ1v) is 11.6. The number of hydrogen-bond donors (Lipinski definition) is 1. The van der Waals surface area contributed by atoms with Crippen LogP contribution in [-0.4, -0.2) is 46.4 Å². The van der Waals surface area contributed by atoms with Crippen LogP contribution in [0.4, 0.5) is 24.7 Å². The van der Waals surface area contributed by atoms with Crippen LogP contribution in [0, 0.1) is 12.7 Å². The van der Waals surface area contributed by atoms with Crippen LogP contribution in [0.3, 0.4) is 0 Å². The van der Waals surface area contributed by atoms with Gasteiger partial charge in [0.25, 0.3) is 6.43 Å². The summed E-state index contributed by atoms with van der Waals surface area (Å²) in [5.74, 6) is 1.40.